The molecule has 0 unspecified atom stereocenters. The Labute approximate surface area is 161 Å². The van der Waals surface area contributed by atoms with Crippen molar-refractivity contribution in [2.24, 2.45) is 5.92 Å². The third kappa shape index (κ3) is 4.60. The zero-order valence-electron chi connectivity index (χ0n) is 14.8. The minimum absolute atomic E-state index is 0.00644. The second kappa shape index (κ2) is 8.61. The monoisotopic (exact) mass is 394 g/mol. The van der Waals surface area contributed by atoms with Gasteiger partial charge in [-0.3, -0.25) is 9.69 Å². The fourth-order valence-electron chi connectivity index (χ4n) is 2.91. The second-order valence-corrected chi connectivity index (χ2v) is 7.71. The maximum atomic E-state index is 11.6. The van der Waals surface area contributed by atoms with Crippen molar-refractivity contribution < 1.29 is 14.3 Å². The van der Waals surface area contributed by atoms with Gasteiger partial charge in [0.2, 0.25) is 5.13 Å². The van der Waals surface area contributed by atoms with Crippen LogP contribution in [0.15, 0.2) is 24.3 Å². The number of hydrogen-bond acceptors (Lipinski definition) is 8. The molecule has 0 radical (unpaired) electrons. The van der Waals surface area contributed by atoms with Crippen molar-refractivity contribution >= 4 is 40.3 Å². The number of aromatic nitrogens is 2. The van der Waals surface area contributed by atoms with Crippen molar-refractivity contribution in [3.63, 3.8) is 0 Å². The smallest absolute Gasteiger partial charge is 0.308 e. The van der Waals surface area contributed by atoms with Gasteiger partial charge >= 0.3 is 5.97 Å². The number of hydrogen-bond donors (Lipinski definition) is 1. The van der Waals surface area contributed by atoms with Crippen molar-refractivity contribution in [3.8, 4) is 5.75 Å². The number of piperidine rings is 1. The number of carbonyl (C=O) groups excluding carboxylic acids is 1. The highest BCUT2D eigenvalue weighted by molar-refractivity contribution is 7.73. The molecule has 26 heavy (non-hydrogen) atoms. The maximum absolute atomic E-state index is 11.6. The molecular formula is C17H22N4O3S2. The summed E-state index contributed by atoms with van der Waals surface area (Å²) in [6.07, 6.45) is 1.61. The summed E-state index contributed by atoms with van der Waals surface area (Å²) >= 11 is 6.88. The van der Waals surface area contributed by atoms with Gasteiger partial charge in [-0.1, -0.05) is 11.3 Å². The molecule has 1 aliphatic heterocycles. The SMILES string of the molecule is COC(=O)C1CCN(Cn2nc(Nc3ccc(OC)cc3)sc2=S)CC1. The minimum Gasteiger partial charge on any atom is -0.497 e. The van der Waals surface area contributed by atoms with Crippen molar-refractivity contribution in [1.82, 2.24) is 14.7 Å². The molecule has 1 aromatic carbocycles. The van der Waals surface area contributed by atoms with E-state index < -0.39 is 0 Å². The molecule has 9 heteroatoms. The minimum atomic E-state index is -0.110. The van der Waals surface area contributed by atoms with E-state index >= 15 is 0 Å². The van der Waals surface area contributed by atoms with Crippen LogP contribution >= 0.6 is 23.6 Å². The quantitative estimate of drug-likeness (QED) is 0.596. The molecule has 0 atom stereocenters. The first-order valence-corrected chi connectivity index (χ1v) is 9.60. The number of likely N-dealkylation sites (tertiary alicyclic amines) is 1. The highest BCUT2D eigenvalue weighted by Gasteiger charge is 2.25. The lowest BCUT2D eigenvalue weighted by Gasteiger charge is -2.30. The fraction of sp³-hybridized carbons (Fsp3) is 0.471. The van der Waals surface area contributed by atoms with Crippen molar-refractivity contribution in [3.05, 3.63) is 28.2 Å². The Morgan fingerprint density at radius 2 is 2.00 bits per heavy atom. The number of nitrogens with one attached hydrogen (secondary N) is 1. The Bertz CT molecular complexity index is 795. The average molecular weight is 395 g/mol. The number of esters is 1. The largest absolute Gasteiger partial charge is 0.497 e. The molecular weight excluding hydrogens is 372 g/mol. The van der Waals surface area contributed by atoms with Crippen LogP contribution in [0, 0.1) is 9.87 Å². The highest BCUT2D eigenvalue weighted by atomic mass is 32.1. The van der Waals surface area contributed by atoms with Crippen LogP contribution in [0.1, 0.15) is 12.8 Å². The molecule has 1 N–H and O–H groups in total. The van der Waals surface area contributed by atoms with E-state index in [9.17, 15) is 4.79 Å². The average Bonchev–Trinajstić information content (AvgIpc) is 3.01. The molecule has 0 bridgehead atoms. The standard InChI is InChI=1S/C17H22N4O3S2/c1-23-14-5-3-13(4-6-14)18-16-19-21(17(25)26-16)11-20-9-7-12(8-10-20)15(22)24-2/h3-6,12H,7-11H2,1-2H3,(H,18,19). The van der Waals surface area contributed by atoms with Gasteiger partial charge in [-0.25, -0.2) is 4.68 Å². The molecule has 1 saturated heterocycles. The Hall–Kier alpha value is -1.97. The summed E-state index contributed by atoms with van der Waals surface area (Å²) in [7, 11) is 3.09. The van der Waals surface area contributed by atoms with E-state index in [2.05, 4.69) is 15.3 Å². The molecule has 3 rings (SSSR count). The molecule has 140 valence electrons. The van der Waals surface area contributed by atoms with Gasteiger partial charge in [0.15, 0.2) is 3.95 Å². The fourth-order valence-corrected chi connectivity index (χ4v) is 3.92. The first kappa shape index (κ1) is 18.8. The lowest BCUT2D eigenvalue weighted by atomic mass is 9.97. The molecule has 2 aromatic rings. The van der Waals surface area contributed by atoms with Crippen LogP contribution in [0.4, 0.5) is 10.8 Å². The van der Waals surface area contributed by atoms with Gasteiger partial charge < -0.3 is 14.8 Å². The van der Waals surface area contributed by atoms with Gasteiger partial charge in [0.25, 0.3) is 0 Å². The van der Waals surface area contributed by atoms with E-state index in [-0.39, 0.29) is 11.9 Å². The second-order valence-electron chi connectivity index (χ2n) is 6.08. The molecule has 1 aliphatic rings. The molecule has 0 saturated carbocycles. The molecule has 1 aromatic heterocycles. The number of anilines is 2. The summed E-state index contributed by atoms with van der Waals surface area (Å²) in [6, 6.07) is 7.66. The molecule has 0 aliphatic carbocycles. The Balaban J connectivity index is 1.58. The number of ether oxygens (including phenoxy) is 2. The van der Waals surface area contributed by atoms with Crippen LogP contribution in [0.3, 0.4) is 0 Å². The molecule has 0 amide bonds. The number of nitrogens with zero attached hydrogens (tertiary/aromatic N) is 3. The predicted octanol–water partition coefficient (Wildman–Crippen LogP) is 3.27. The lowest BCUT2D eigenvalue weighted by molar-refractivity contribution is -0.147. The number of carbonyl (C=O) groups is 1. The van der Waals surface area contributed by atoms with Crippen LogP contribution < -0.4 is 10.1 Å². The van der Waals surface area contributed by atoms with Crippen molar-refractivity contribution in [2.45, 2.75) is 19.5 Å². The van der Waals surface area contributed by atoms with Crippen LogP contribution in [-0.2, 0) is 16.2 Å². The highest BCUT2D eigenvalue weighted by Crippen LogP contribution is 2.23. The first-order chi connectivity index (χ1) is 12.6. The maximum Gasteiger partial charge on any atom is 0.308 e. The first-order valence-electron chi connectivity index (χ1n) is 8.38. The van der Waals surface area contributed by atoms with E-state index in [1.165, 1.54) is 18.4 Å². The Kier molecular flexibility index (Phi) is 6.23. The molecule has 0 spiro atoms. The van der Waals surface area contributed by atoms with Crippen molar-refractivity contribution in [1.29, 1.82) is 0 Å². The van der Waals surface area contributed by atoms with Gasteiger partial charge in [-0.2, -0.15) is 0 Å². The Morgan fingerprint density at radius 3 is 2.62 bits per heavy atom. The van der Waals surface area contributed by atoms with Crippen LogP contribution in [0.2, 0.25) is 0 Å². The molecule has 7 nitrogen and oxygen atoms in total. The summed E-state index contributed by atoms with van der Waals surface area (Å²) in [5.74, 6) is 0.705. The summed E-state index contributed by atoms with van der Waals surface area (Å²) < 4.78 is 12.5. The van der Waals surface area contributed by atoms with Crippen LogP contribution in [0.5, 0.6) is 5.75 Å². The predicted molar refractivity (Wildman–Crippen MR) is 104 cm³/mol. The zero-order chi connectivity index (χ0) is 18.5. The number of methoxy groups -OCH3 is 2. The summed E-state index contributed by atoms with van der Waals surface area (Å²) in [5.41, 5.74) is 0.931. The third-order valence-corrected chi connectivity index (χ3v) is 5.63. The van der Waals surface area contributed by atoms with Gasteiger partial charge in [0.1, 0.15) is 5.75 Å². The third-order valence-electron chi connectivity index (χ3n) is 4.40. The zero-order valence-corrected chi connectivity index (χ0v) is 16.4. The number of rotatable bonds is 6. The van der Waals surface area contributed by atoms with Gasteiger partial charge in [0.05, 0.1) is 26.8 Å². The molecule has 2 heterocycles. The van der Waals surface area contributed by atoms with Gasteiger partial charge in [-0.15, -0.1) is 5.10 Å². The van der Waals surface area contributed by atoms with E-state index in [0.717, 1.165) is 46.5 Å². The van der Waals surface area contributed by atoms with Crippen molar-refractivity contribution in [2.75, 3.05) is 32.6 Å². The van der Waals surface area contributed by atoms with Crippen LogP contribution in [0.25, 0.3) is 0 Å². The van der Waals surface area contributed by atoms with Crippen LogP contribution in [-0.4, -0.2) is 48.0 Å². The van der Waals surface area contributed by atoms with E-state index in [0.29, 0.717) is 6.67 Å². The lowest BCUT2D eigenvalue weighted by Crippen LogP contribution is -2.38. The van der Waals surface area contributed by atoms with Gasteiger partial charge in [0, 0.05) is 18.8 Å². The normalized spacial score (nSPS) is 15.6. The van der Waals surface area contributed by atoms with E-state index in [1.54, 1.807) is 7.11 Å². The molecule has 1 fully saturated rings. The summed E-state index contributed by atoms with van der Waals surface area (Å²) in [4.78, 5) is 13.9. The summed E-state index contributed by atoms with van der Waals surface area (Å²) in [5, 5.41) is 8.59. The van der Waals surface area contributed by atoms with E-state index in [1.807, 2.05) is 28.9 Å². The van der Waals surface area contributed by atoms with Gasteiger partial charge in [-0.05, 0) is 49.3 Å². The van der Waals surface area contributed by atoms with E-state index in [4.69, 9.17) is 21.7 Å². The summed E-state index contributed by atoms with van der Waals surface area (Å²) in [6.45, 7) is 2.30. The Morgan fingerprint density at radius 1 is 1.31 bits per heavy atom. The number of benzene rings is 1. The topological polar surface area (TPSA) is 68.6 Å².